The van der Waals surface area contributed by atoms with E-state index in [0.29, 0.717) is 30.7 Å². The highest BCUT2D eigenvalue weighted by molar-refractivity contribution is 5.81. The molecule has 2 N–H and O–H groups in total. The molecule has 1 unspecified atom stereocenters. The van der Waals surface area contributed by atoms with Crippen LogP contribution in [0.15, 0.2) is 23.3 Å². The van der Waals surface area contributed by atoms with Gasteiger partial charge in [0, 0.05) is 37.8 Å². The van der Waals surface area contributed by atoms with Gasteiger partial charge in [0.05, 0.1) is 12.2 Å². The van der Waals surface area contributed by atoms with E-state index in [0.717, 1.165) is 25.8 Å². The highest BCUT2D eigenvalue weighted by atomic mass is 19.1. The number of nitrogens with one attached hydrogen (secondary N) is 2. The van der Waals surface area contributed by atoms with Crippen molar-refractivity contribution in [3.8, 4) is 0 Å². The second kappa shape index (κ2) is 8.96. The van der Waals surface area contributed by atoms with Gasteiger partial charge in [0.1, 0.15) is 5.82 Å². The summed E-state index contributed by atoms with van der Waals surface area (Å²) in [4.78, 5) is 23.0. The first-order valence-electron chi connectivity index (χ1n) is 9.60. The Bertz CT molecular complexity index is 645. The fourth-order valence-corrected chi connectivity index (χ4v) is 3.71. The monoisotopic (exact) mass is 361 g/mol. The molecule has 6 nitrogen and oxygen atoms in total. The van der Waals surface area contributed by atoms with Crippen molar-refractivity contribution in [3.05, 3.63) is 29.8 Å². The first-order chi connectivity index (χ1) is 12.7. The van der Waals surface area contributed by atoms with Gasteiger partial charge >= 0.3 is 0 Å². The summed E-state index contributed by atoms with van der Waals surface area (Å²) in [6.07, 6.45) is 6.89. The lowest BCUT2D eigenvalue weighted by Gasteiger charge is -2.21. The zero-order chi connectivity index (χ0) is 18.4. The minimum absolute atomic E-state index is 0.173. The molecule has 3 rings (SSSR count). The summed E-state index contributed by atoms with van der Waals surface area (Å²) < 4.78 is 13.7. The van der Waals surface area contributed by atoms with Crippen LogP contribution in [-0.2, 0) is 11.3 Å². The summed E-state index contributed by atoms with van der Waals surface area (Å²) in [5, 5.41) is 6.56. The van der Waals surface area contributed by atoms with E-state index in [1.54, 1.807) is 12.3 Å². The maximum Gasteiger partial charge on any atom is 0.225 e. The summed E-state index contributed by atoms with van der Waals surface area (Å²) >= 11 is 0. The van der Waals surface area contributed by atoms with Crippen molar-refractivity contribution in [3.63, 3.8) is 0 Å². The van der Waals surface area contributed by atoms with Gasteiger partial charge in [-0.25, -0.2) is 9.38 Å². The number of likely N-dealkylation sites (tertiary alicyclic amines) is 1. The Labute approximate surface area is 154 Å². The number of halogens is 1. The zero-order valence-corrected chi connectivity index (χ0v) is 15.4. The third kappa shape index (κ3) is 4.71. The molecule has 0 spiro atoms. The lowest BCUT2D eigenvalue weighted by molar-refractivity contribution is -0.134. The number of hydrogen-bond acceptors (Lipinski definition) is 3. The summed E-state index contributed by atoms with van der Waals surface area (Å²) in [6.45, 7) is 4.38. The Morgan fingerprint density at radius 3 is 2.92 bits per heavy atom. The van der Waals surface area contributed by atoms with Crippen molar-refractivity contribution in [1.29, 1.82) is 0 Å². The van der Waals surface area contributed by atoms with Crippen molar-refractivity contribution in [2.24, 2.45) is 10.9 Å². The molecule has 1 aromatic heterocycles. The second-order valence-electron chi connectivity index (χ2n) is 7.02. The Morgan fingerprint density at radius 1 is 1.38 bits per heavy atom. The van der Waals surface area contributed by atoms with Gasteiger partial charge in [-0.05, 0) is 38.3 Å². The van der Waals surface area contributed by atoms with Crippen LogP contribution >= 0.6 is 0 Å². The van der Waals surface area contributed by atoms with Gasteiger partial charge in [0.15, 0.2) is 5.96 Å². The molecule has 0 radical (unpaired) electrons. The van der Waals surface area contributed by atoms with Crippen LogP contribution in [0.3, 0.4) is 0 Å². The summed E-state index contributed by atoms with van der Waals surface area (Å²) in [7, 11) is 0. The topological polar surface area (TPSA) is 69.6 Å². The molecule has 2 heterocycles. The Morgan fingerprint density at radius 2 is 2.19 bits per heavy atom. The molecule has 0 aromatic carbocycles. The summed E-state index contributed by atoms with van der Waals surface area (Å²) in [5.74, 6) is 0.825. The normalized spacial score (nSPS) is 21.2. The Kier molecular flexibility index (Phi) is 6.41. The first-order valence-corrected chi connectivity index (χ1v) is 9.60. The molecule has 0 bridgehead atoms. The van der Waals surface area contributed by atoms with E-state index in [4.69, 9.17) is 0 Å². The summed E-state index contributed by atoms with van der Waals surface area (Å²) in [5.41, 5.74) is 0.328. The number of rotatable bonds is 5. The molecule has 1 atom stereocenters. The van der Waals surface area contributed by atoms with Crippen molar-refractivity contribution >= 4 is 11.9 Å². The number of guanidine groups is 1. The van der Waals surface area contributed by atoms with Crippen LogP contribution in [0, 0.1) is 11.7 Å². The standard InChI is InChI=1S/C19H28FN5O/c1-2-21-19(23-12-17-16(20)8-5-10-22-17)24-15-9-11-25(13-15)18(26)14-6-3-4-7-14/h5,8,10,14-15H,2-4,6-7,9,11-13H2,1H3,(H2,21,23,24). The van der Waals surface area contributed by atoms with Crippen molar-refractivity contribution in [2.45, 2.75) is 51.6 Å². The van der Waals surface area contributed by atoms with Crippen LogP contribution < -0.4 is 10.6 Å². The predicted molar refractivity (Wildman–Crippen MR) is 99.1 cm³/mol. The van der Waals surface area contributed by atoms with Gasteiger partial charge in [0.2, 0.25) is 5.91 Å². The second-order valence-corrected chi connectivity index (χ2v) is 7.02. The van der Waals surface area contributed by atoms with Gasteiger partial charge in [-0.2, -0.15) is 0 Å². The van der Waals surface area contributed by atoms with Crippen LogP contribution in [-0.4, -0.2) is 47.4 Å². The van der Waals surface area contributed by atoms with Gasteiger partial charge < -0.3 is 15.5 Å². The molecule has 2 aliphatic rings. The van der Waals surface area contributed by atoms with Crippen LogP contribution in [0.2, 0.25) is 0 Å². The number of hydrogen-bond donors (Lipinski definition) is 2. The minimum atomic E-state index is -0.346. The third-order valence-electron chi connectivity index (χ3n) is 5.11. The van der Waals surface area contributed by atoms with Crippen molar-refractivity contribution < 1.29 is 9.18 Å². The Hall–Kier alpha value is -2.18. The van der Waals surface area contributed by atoms with E-state index in [-0.39, 0.29) is 24.3 Å². The average Bonchev–Trinajstić information content (AvgIpc) is 3.32. The lowest BCUT2D eigenvalue weighted by Crippen LogP contribution is -2.45. The van der Waals surface area contributed by atoms with Crippen LogP contribution in [0.25, 0.3) is 0 Å². The van der Waals surface area contributed by atoms with E-state index in [9.17, 15) is 9.18 Å². The number of aromatic nitrogens is 1. The van der Waals surface area contributed by atoms with Crippen LogP contribution in [0.1, 0.15) is 44.7 Å². The molecule has 1 aliphatic carbocycles. The third-order valence-corrected chi connectivity index (χ3v) is 5.11. The maximum atomic E-state index is 13.7. The molecular weight excluding hydrogens is 333 g/mol. The molecule has 1 saturated heterocycles. The molecular formula is C19H28FN5O. The first kappa shape index (κ1) is 18.6. The lowest BCUT2D eigenvalue weighted by atomic mass is 10.1. The molecule has 1 aromatic rings. The summed E-state index contributed by atoms with van der Waals surface area (Å²) in [6, 6.07) is 3.13. The fraction of sp³-hybridized carbons (Fsp3) is 0.632. The van der Waals surface area contributed by atoms with Gasteiger partial charge in [-0.15, -0.1) is 0 Å². The number of carbonyl (C=O) groups is 1. The largest absolute Gasteiger partial charge is 0.357 e. The minimum Gasteiger partial charge on any atom is -0.357 e. The van der Waals surface area contributed by atoms with Crippen molar-refractivity contribution in [2.75, 3.05) is 19.6 Å². The molecule has 1 saturated carbocycles. The van der Waals surface area contributed by atoms with Crippen LogP contribution in [0.5, 0.6) is 0 Å². The van der Waals surface area contributed by atoms with E-state index in [1.165, 1.54) is 18.9 Å². The molecule has 1 aliphatic heterocycles. The smallest absolute Gasteiger partial charge is 0.225 e. The number of amides is 1. The predicted octanol–water partition coefficient (Wildman–Crippen LogP) is 2.07. The number of nitrogens with zero attached hydrogens (tertiary/aromatic N) is 3. The average molecular weight is 361 g/mol. The maximum absolute atomic E-state index is 13.7. The van der Waals surface area contributed by atoms with Crippen molar-refractivity contribution in [1.82, 2.24) is 20.5 Å². The van der Waals surface area contributed by atoms with Gasteiger partial charge in [-0.3, -0.25) is 9.78 Å². The number of carbonyl (C=O) groups excluding carboxylic acids is 1. The Balaban J connectivity index is 1.55. The molecule has 142 valence electrons. The number of aliphatic imine (C=N–C) groups is 1. The van der Waals surface area contributed by atoms with E-state index in [1.807, 2.05) is 11.8 Å². The SMILES string of the molecule is CCNC(=NCc1ncccc1F)NC1CCN(C(=O)C2CCCC2)C1. The highest BCUT2D eigenvalue weighted by Gasteiger charge is 2.32. The highest BCUT2D eigenvalue weighted by Crippen LogP contribution is 2.27. The quantitative estimate of drug-likeness (QED) is 0.622. The van der Waals surface area contributed by atoms with Gasteiger partial charge in [0.25, 0.3) is 0 Å². The molecule has 2 fully saturated rings. The van der Waals surface area contributed by atoms with E-state index >= 15 is 0 Å². The van der Waals surface area contributed by atoms with E-state index in [2.05, 4.69) is 20.6 Å². The molecule has 7 heteroatoms. The zero-order valence-electron chi connectivity index (χ0n) is 15.4. The fourth-order valence-electron chi connectivity index (χ4n) is 3.71. The van der Waals surface area contributed by atoms with E-state index < -0.39 is 0 Å². The molecule has 26 heavy (non-hydrogen) atoms. The molecule has 1 amide bonds. The van der Waals surface area contributed by atoms with Crippen LogP contribution in [0.4, 0.5) is 4.39 Å². The number of pyridine rings is 1. The van der Waals surface area contributed by atoms with Gasteiger partial charge in [-0.1, -0.05) is 12.8 Å².